The minimum absolute atomic E-state index is 0.114. The highest BCUT2D eigenvalue weighted by molar-refractivity contribution is 9.10. The van der Waals surface area contributed by atoms with Gasteiger partial charge in [0.1, 0.15) is 28.7 Å². The van der Waals surface area contributed by atoms with Gasteiger partial charge in [-0.05, 0) is 41.9 Å². The average molecular weight is 428 g/mol. The van der Waals surface area contributed by atoms with E-state index in [1.807, 2.05) is 24.5 Å². The quantitative estimate of drug-likeness (QED) is 0.530. The number of phenols is 1. The Balaban J connectivity index is 1.97. The molecule has 0 aliphatic heterocycles. The van der Waals surface area contributed by atoms with Gasteiger partial charge in [0.15, 0.2) is 5.65 Å². The van der Waals surface area contributed by atoms with Gasteiger partial charge >= 0.3 is 0 Å². The molecule has 1 aromatic carbocycles. The van der Waals surface area contributed by atoms with Crippen LogP contribution in [0.2, 0.25) is 0 Å². The normalized spacial score (nSPS) is 11.3. The summed E-state index contributed by atoms with van der Waals surface area (Å²) in [5.74, 6) is 0.635. The molecule has 3 aromatic heterocycles. The standard InChI is InChI=1S/C19H15BrFN5O/c1-10-17-19(24-11(2)23-10)26(9-12-3-4-15(27)6-16(12)21)18(25-17)13-5-14(20)8-22-7-13/h3-8,27H,9H2,1-2H3. The number of aryl methyl sites for hydroxylation is 2. The lowest BCUT2D eigenvalue weighted by molar-refractivity contribution is 0.467. The van der Waals surface area contributed by atoms with Crippen LogP contribution < -0.4 is 0 Å². The van der Waals surface area contributed by atoms with Gasteiger partial charge in [-0.3, -0.25) is 4.98 Å². The Morgan fingerprint density at radius 2 is 1.93 bits per heavy atom. The lowest BCUT2D eigenvalue weighted by Crippen LogP contribution is -2.06. The van der Waals surface area contributed by atoms with E-state index in [2.05, 4.69) is 30.9 Å². The molecule has 4 rings (SSSR count). The van der Waals surface area contributed by atoms with Crippen LogP contribution in [0.5, 0.6) is 5.75 Å². The van der Waals surface area contributed by atoms with Crippen molar-refractivity contribution in [2.45, 2.75) is 20.4 Å². The van der Waals surface area contributed by atoms with Crippen LogP contribution in [-0.4, -0.2) is 29.6 Å². The van der Waals surface area contributed by atoms with Gasteiger partial charge in [-0.25, -0.2) is 19.3 Å². The fourth-order valence-electron chi connectivity index (χ4n) is 3.01. The van der Waals surface area contributed by atoms with E-state index in [9.17, 15) is 9.50 Å². The Morgan fingerprint density at radius 1 is 1.11 bits per heavy atom. The second-order valence-corrected chi connectivity index (χ2v) is 7.13. The Morgan fingerprint density at radius 3 is 2.67 bits per heavy atom. The van der Waals surface area contributed by atoms with E-state index in [1.165, 1.54) is 6.07 Å². The van der Waals surface area contributed by atoms with E-state index in [1.54, 1.807) is 18.5 Å². The van der Waals surface area contributed by atoms with Crippen molar-refractivity contribution in [1.29, 1.82) is 0 Å². The Labute approximate surface area is 162 Å². The Kier molecular flexibility index (Phi) is 4.35. The zero-order valence-corrected chi connectivity index (χ0v) is 16.2. The van der Waals surface area contributed by atoms with Gasteiger partial charge in [-0.15, -0.1) is 0 Å². The fourth-order valence-corrected chi connectivity index (χ4v) is 3.38. The van der Waals surface area contributed by atoms with Gasteiger partial charge in [-0.1, -0.05) is 6.07 Å². The molecule has 0 unspecified atom stereocenters. The van der Waals surface area contributed by atoms with Crippen LogP contribution in [0.4, 0.5) is 4.39 Å². The number of hydrogen-bond acceptors (Lipinski definition) is 5. The van der Waals surface area contributed by atoms with Gasteiger partial charge in [-0.2, -0.15) is 0 Å². The molecule has 8 heteroatoms. The molecule has 27 heavy (non-hydrogen) atoms. The van der Waals surface area contributed by atoms with Crippen LogP contribution in [0.1, 0.15) is 17.1 Å². The topological polar surface area (TPSA) is 76.7 Å². The molecular formula is C19H15BrFN5O. The Bertz CT molecular complexity index is 1170. The van der Waals surface area contributed by atoms with E-state index >= 15 is 0 Å². The Hall–Kier alpha value is -2.87. The van der Waals surface area contributed by atoms with Crippen LogP contribution in [0.15, 0.2) is 41.1 Å². The second kappa shape index (κ2) is 6.70. The SMILES string of the molecule is Cc1nc(C)c2nc(-c3cncc(Br)c3)n(Cc3ccc(O)cc3F)c2n1. The summed E-state index contributed by atoms with van der Waals surface area (Å²) >= 11 is 3.43. The molecule has 0 saturated carbocycles. The predicted octanol–water partition coefficient (Wildman–Crippen LogP) is 4.16. The summed E-state index contributed by atoms with van der Waals surface area (Å²) in [6.07, 6.45) is 3.39. The molecule has 0 bridgehead atoms. The number of aromatic nitrogens is 5. The van der Waals surface area contributed by atoms with Crippen molar-refractivity contribution in [3.05, 3.63) is 64.0 Å². The summed E-state index contributed by atoms with van der Waals surface area (Å²) in [6.45, 7) is 3.89. The number of phenolic OH excluding ortho intramolecular Hbond substituents is 1. The molecule has 0 saturated heterocycles. The average Bonchev–Trinajstić information content (AvgIpc) is 2.96. The number of fused-ring (bicyclic) bond motifs is 1. The maximum atomic E-state index is 14.4. The molecule has 0 amide bonds. The van der Waals surface area contributed by atoms with Crippen LogP contribution in [0.3, 0.4) is 0 Å². The fraction of sp³-hybridized carbons (Fsp3) is 0.158. The number of pyridine rings is 1. The molecule has 0 radical (unpaired) electrons. The molecule has 0 fully saturated rings. The highest BCUT2D eigenvalue weighted by Gasteiger charge is 2.18. The van der Waals surface area contributed by atoms with E-state index in [4.69, 9.17) is 4.98 Å². The second-order valence-electron chi connectivity index (χ2n) is 6.22. The third-order valence-electron chi connectivity index (χ3n) is 4.21. The van der Waals surface area contributed by atoms with E-state index in [0.717, 1.165) is 21.8 Å². The number of imidazole rings is 1. The molecule has 4 aromatic rings. The summed E-state index contributed by atoms with van der Waals surface area (Å²) in [5.41, 5.74) is 3.24. The number of nitrogens with zero attached hydrogens (tertiary/aromatic N) is 5. The first-order valence-electron chi connectivity index (χ1n) is 8.22. The lowest BCUT2D eigenvalue weighted by Gasteiger charge is -2.10. The number of aromatic hydroxyl groups is 1. The van der Waals surface area contributed by atoms with Crippen molar-refractivity contribution >= 4 is 27.1 Å². The molecule has 0 spiro atoms. The summed E-state index contributed by atoms with van der Waals surface area (Å²) in [5, 5.41) is 9.48. The first-order valence-corrected chi connectivity index (χ1v) is 9.01. The van der Waals surface area contributed by atoms with Gasteiger partial charge in [0.2, 0.25) is 0 Å². The summed E-state index contributed by atoms with van der Waals surface area (Å²) in [4.78, 5) is 17.8. The van der Waals surface area contributed by atoms with Crippen molar-refractivity contribution in [2.24, 2.45) is 0 Å². The highest BCUT2D eigenvalue weighted by atomic mass is 79.9. The monoisotopic (exact) mass is 427 g/mol. The molecule has 0 aliphatic rings. The van der Waals surface area contributed by atoms with Crippen molar-refractivity contribution in [2.75, 3.05) is 0 Å². The summed E-state index contributed by atoms with van der Waals surface area (Å²) in [7, 11) is 0. The zero-order chi connectivity index (χ0) is 19.1. The van der Waals surface area contributed by atoms with Crippen LogP contribution in [0, 0.1) is 19.7 Å². The number of rotatable bonds is 3. The third kappa shape index (κ3) is 3.28. The molecule has 136 valence electrons. The van der Waals surface area contributed by atoms with Crippen molar-refractivity contribution in [1.82, 2.24) is 24.5 Å². The molecular weight excluding hydrogens is 413 g/mol. The highest BCUT2D eigenvalue weighted by Crippen LogP contribution is 2.28. The molecule has 6 nitrogen and oxygen atoms in total. The van der Waals surface area contributed by atoms with E-state index < -0.39 is 5.82 Å². The van der Waals surface area contributed by atoms with Crippen molar-refractivity contribution in [3.63, 3.8) is 0 Å². The maximum Gasteiger partial charge on any atom is 0.164 e. The molecule has 3 heterocycles. The third-order valence-corrected chi connectivity index (χ3v) is 4.64. The van der Waals surface area contributed by atoms with Gasteiger partial charge < -0.3 is 9.67 Å². The molecule has 1 N–H and O–H groups in total. The number of halogens is 2. The summed E-state index contributed by atoms with van der Waals surface area (Å²) < 4.78 is 17.0. The first-order chi connectivity index (χ1) is 12.9. The van der Waals surface area contributed by atoms with E-state index in [-0.39, 0.29) is 12.3 Å². The van der Waals surface area contributed by atoms with Crippen LogP contribution in [0.25, 0.3) is 22.6 Å². The first kappa shape index (κ1) is 17.5. The summed E-state index contributed by atoms with van der Waals surface area (Å²) in [6, 6.07) is 6.01. The van der Waals surface area contributed by atoms with Gasteiger partial charge in [0.25, 0.3) is 0 Å². The zero-order valence-electron chi connectivity index (χ0n) is 14.6. The maximum absolute atomic E-state index is 14.4. The van der Waals surface area contributed by atoms with Crippen molar-refractivity contribution < 1.29 is 9.50 Å². The number of hydrogen-bond donors (Lipinski definition) is 1. The van der Waals surface area contributed by atoms with Gasteiger partial charge in [0, 0.05) is 34.1 Å². The van der Waals surface area contributed by atoms with Gasteiger partial charge in [0.05, 0.1) is 12.2 Å². The van der Waals surface area contributed by atoms with Crippen LogP contribution >= 0.6 is 15.9 Å². The van der Waals surface area contributed by atoms with Crippen molar-refractivity contribution in [3.8, 4) is 17.1 Å². The largest absolute Gasteiger partial charge is 0.508 e. The molecule has 0 aliphatic carbocycles. The lowest BCUT2D eigenvalue weighted by atomic mass is 10.2. The minimum atomic E-state index is -0.488. The smallest absolute Gasteiger partial charge is 0.164 e. The predicted molar refractivity (Wildman–Crippen MR) is 103 cm³/mol. The molecule has 0 atom stereocenters. The number of benzene rings is 1. The van der Waals surface area contributed by atoms with E-state index in [0.29, 0.717) is 28.4 Å². The minimum Gasteiger partial charge on any atom is -0.508 e. The van der Waals surface area contributed by atoms with Crippen LogP contribution in [-0.2, 0) is 6.54 Å².